The van der Waals surface area contributed by atoms with E-state index in [1.165, 1.54) is 0 Å². The first-order chi connectivity index (χ1) is 8.44. The molecule has 0 spiro atoms. The fourth-order valence-electron chi connectivity index (χ4n) is 2.76. The van der Waals surface area contributed by atoms with Crippen molar-refractivity contribution in [2.24, 2.45) is 13.0 Å². The number of hydrogen-bond acceptors (Lipinski definition) is 2. The third kappa shape index (κ3) is 2.67. The molecule has 0 amide bonds. The normalized spacial score (nSPS) is 22.1. The van der Waals surface area contributed by atoms with Crippen LogP contribution in [0.4, 0.5) is 8.78 Å². The van der Waals surface area contributed by atoms with Gasteiger partial charge in [-0.25, -0.2) is 8.78 Å². The quantitative estimate of drug-likeness (QED) is 0.920. The van der Waals surface area contributed by atoms with Crippen LogP contribution in [0.25, 0.3) is 0 Å². The van der Waals surface area contributed by atoms with Crippen molar-refractivity contribution in [2.75, 3.05) is 7.05 Å². The van der Waals surface area contributed by atoms with Gasteiger partial charge in [-0.05, 0) is 25.8 Å². The first-order valence-corrected chi connectivity index (χ1v) is 6.55. The first kappa shape index (κ1) is 13.7. The molecule has 1 atom stereocenters. The first-order valence-electron chi connectivity index (χ1n) is 6.17. The van der Waals surface area contributed by atoms with Crippen LogP contribution in [0.3, 0.4) is 0 Å². The lowest BCUT2D eigenvalue weighted by Gasteiger charge is -2.33. The molecule has 1 aromatic rings. The molecule has 18 heavy (non-hydrogen) atoms. The second-order valence-corrected chi connectivity index (χ2v) is 5.37. The van der Waals surface area contributed by atoms with Gasteiger partial charge < -0.3 is 5.32 Å². The average Bonchev–Trinajstić information content (AvgIpc) is 2.64. The minimum absolute atomic E-state index is 0.0129. The van der Waals surface area contributed by atoms with Crippen LogP contribution in [-0.2, 0) is 7.05 Å². The number of rotatable bonds is 3. The molecular weight excluding hydrogens is 260 g/mol. The molecule has 1 N–H and O–H groups in total. The van der Waals surface area contributed by atoms with Gasteiger partial charge in [0.25, 0.3) is 0 Å². The molecule has 0 radical (unpaired) electrons. The summed E-state index contributed by atoms with van der Waals surface area (Å²) in [6.45, 7) is 0. The third-order valence-electron chi connectivity index (χ3n) is 3.78. The van der Waals surface area contributed by atoms with Crippen LogP contribution in [0.1, 0.15) is 37.4 Å². The summed E-state index contributed by atoms with van der Waals surface area (Å²) in [5, 5.41) is 7.89. The molecular formula is C12H18ClF2N3. The van der Waals surface area contributed by atoms with Crippen LogP contribution in [0.5, 0.6) is 0 Å². The molecule has 1 fully saturated rings. The van der Waals surface area contributed by atoms with Gasteiger partial charge in [-0.2, -0.15) is 5.10 Å². The Morgan fingerprint density at radius 3 is 2.56 bits per heavy atom. The standard InChI is InChI=1S/C12H18ClF2N3/c1-16-10(11-9(13)7-17-18(11)2)8-3-5-12(14,15)6-4-8/h7-8,10,16H,3-6H2,1-2H3. The highest BCUT2D eigenvalue weighted by Gasteiger charge is 2.38. The highest BCUT2D eigenvalue weighted by molar-refractivity contribution is 6.31. The lowest BCUT2D eigenvalue weighted by Crippen LogP contribution is -2.33. The van der Waals surface area contributed by atoms with Gasteiger partial charge in [-0.1, -0.05) is 11.6 Å². The molecule has 0 saturated heterocycles. The molecule has 0 aliphatic heterocycles. The van der Waals surface area contributed by atoms with Gasteiger partial charge in [-0.15, -0.1) is 0 Å². The number of aryl methyl sites for hydroxylation is 1. The Kier molecular flexibility index (Phi) is 3.92. The highest BCUT2D eigenvalue weighted by Crippen LogP contribution is 2.42. The van der Waals surface area contributed by atoms with Gasteiger partial charge in [0, 0.05) is 19.9 Å². The number of hydrogen-bond donors (Lipinski definition) is 1. The Morgan fingerprint density at radius 1 is 1.50 bits per heavy atom. The van der Waals surface area contributed by atoms with Gasteiger partial charge in [0.2, 0.25) is 5.92 Å². The van der Waals surface area contributed by atoms with E-state index in [0.717, 1.165) is 5.69 Å². The van der Waals surface area contributed by atoms with Gasteiger partial charge >= 0.3 is 0 Å². The Hall–Kier alpha value is -0.680. The van der Waals surface area contributed by atoms with Crippen molar-refractivity contribution >= 4 is 11.6 Å². The van der Waals surface area contributed by atoms with Gasteiger partial charge in [0.05, 0.1) is 23.0 Å². The van der Waals surface area contributed by atoms with Crippen LogP contribution in [0.2, 0.25) is 5.02 Å². The zero-order valence-electron chi connectivity index (χ0n) is 10.6. The van der Waals surface area contributed by atoms with Gasteiger partial charge in [-0.3, -0.25) is 4.68 Å². The van der Waals surface area contributed by atoms with Crippen LogP contribution in [-0.4, -0.2) is 22.8 Å². The topological polar surface area (TPSA) is 29.9 Å². The number of alkyl halides is 2. The minimum Gasteiger partial charge on any atom is -0.311 e. The molecule has 1 unspecified atom stereocenters. The number of nitrogens with one attached hydrogen (secondary N) is 1. The van der Waals surface area contributed by atoms with Crippen molar-refractivity contribution in [2.45, 2.75) is 37.6 Å². The second kappa shape index (κ2) is 5.13. The molecule has 1 aromatic heterocycles. The van der Waals surface area contributed by atoms with E-state index in [4.69, 9.17) is 11.6 Å². The van der Waals surface area contributed by atoms with E-state index in [0.29, 0.717) is 17.9 Å². The van der Waals surface area contributed by atoms with Crippen molar-refractivity contribution in [3.63, 3.8) is 0 Å². The maximum absolute atomic E-state index is 13.2. The van der Waals surface area contributed by atoms with E-state index in [-0.39, 0.29) is 24.8 Å². The van der Waals surface area contributed by atoms with E-state index >= 15 is 0 Å². The van der Waals surface area contributed by atoms with E-state index in [2.05, 4.69) is 10.4 Å². The zero-order chi connectivity index (χ0) is 13.3. The van der Waals surface area contributed by atoms with E-state index in [9.17, 15) is 8.78 Å². The van der Waals surface area contributed by atoms with Gasteiger partial charge in [0.15, 0.2) is 0 Å². The van der Waals surface area contributed by atoms with Gasteiger partial charge in [0.1, 0.15) is 0 Å². The zero-order valence-corrected chi connectivity index (χ0v) is 11.3. The summed E-state index contributed by atoms with van der Waals surface area (Å²) in [5.41, 5.74) is 0.884. The summed E-state index contributed by atoms with van der Waals surface area (Å²) in [6, 6.07) is -0.0129. The molecule has 3 nitrogen and oxygen atoms in total. The predicted octanol–water partition coefficient (Wildman–Crippen LogP) is 3.16. The van der Waals surface area contributed by atoms with Crippen molar-refractivity contribution in [3.05, 3.63) is 16.9 Å². The lowest BCUT2D eigenvalue weighted by atomic mass is 9.81. The summed E-state index contributed by atoms with van der Waals surface area (Å²) in [4.78, 5) is 0. The third-order valence-corrected chi connectivity index (χ3v) is 4.07. The van der Waals surface area contributed by atoms with Crippen molar-refractivity contribution in [1.82, 2.24) is 15.1 Å². The molecule has 0 aromatic carbocycles. The van der Waals surface area contributed by atoms with Crippen molar-refractivity contribution in [1.29, 1.82) is 0 Å². The Bertz CT molecular complexity index is 390. The SMILES string of the molecule is CNC(c1c(Cl)cnn1C)C1CCC(F)(F)CC1. The van der Waals surface area contributed by atoms with E-state index in [1.54, 1.807) is 10.9 Å². The fourth-order valence-corrected chi connectivity index (χ4v) is 3.05. The smallest absolute Gasteiger partial charge is 0.248 e. The monoisotopic (exact) mass is 277 g/mol. The van der Waals surface area contributed by atoms with Crippen molar-refractivity contribution in [3.8, 4) is 0 Å². The van der Waals surface area contributed by atoms with E-state index in [1.807, 2.05) is 14.1 Å². The molecule has 102 valence electrons. The number of aromatic nitrogens is 2. The largest absolute Gasteiger partial charge is 0.311 e. The van der Waals surface area contributed by atoms with Crippen LogP contribution >= 0.6 is 11.6 Å². The maximum atomic E-state index is 13.2. The second-order valence-electron chi connectivity index (χ2n) is 4.96. The predicted molar refractivity (Wildman–Crippen MR) is 66.9 cm³/mol. The average molecular weight is 278 g/mol. The fraction of sp³-hybridized carbons (Fsp3) is 0.750. The highest BCUT2D eigenvalue weighted by atomic mass is 35.5. The summed E-state index contributed by atoms with van der Waals surface area (Å²) in [5.74, 6) is -2.31. The molecule has 1 aliphatic rings. The number of nitrogens with zero attached hydrogens (tertiary/aromatic N) is 2. The molecule has 0 bridgehead atoms. The molecule has 2 rings (SSSR count). The summed E-state index contributed by atoms with van der Waals surface area (Å²) < 4.78 is 28.1. The summed E-state index contributed by atoms with van der Waals surface area (Å²) in [7, 11) is 3.66. The van der Waals surface area contributed by atoms with Crippen LogP contribution in [0.15, 0.2) is 6.20 Å². The number of halogens is 3. The Balaban J connectivity index is 2.15. The molecule has 6 heteroatoms. The minimum atomic E-state index is -2.49. The van der Waals surface area contributed by atoms with Crippen molar-refractivity contribution < 1.29 is 8.78 Å². The maximum Gasteiger partial charge on any atom is 0.248 e. The molecule has 1 saturated carbocycles. The molecule has 1 heterocycles. The summed E-state index contributed by atoms with van der Waals surface area (Å²) >= 11 is 6.12. The Labute approximate surface area is 111 Å². The Morgan fingerprint density at radius 2 is 2.11 bits per heavy atom. The summed E-state index contributed by atoms with van der Waals surface area (Å²) in [6.07, 6.45) is 2.55. The lowest BCUT2D eigenvalue weighted by molar-refractivity contribution is -0.0497. The van der Waals surface area contributed by atoms with Crippen LogP contribution in [0, 0.1) is 5.92 Å². The molecule has 1 aliphatic carbocycles. The van der Waals surface area contributed by atoms with E-state index < -0.39 is 5.92 Å². The van der Waals surface area contributed by atoms with Crippen LogP contribution < -0.4 is 5.32 Å².